The number of aliphatic hydroxyl groups is 1. The zero-order valence-corrected chi connectivity index (χ0v) is 22.1. The monoisotopic (exact) mass is 503 g/mol. The highest BCUT2D eigenvalue weighted by atomic mass is 32.2. The van der Waals surface area contributed by atoms with Gasteiger partial charge >= 0.3 is 6.03 Å². The molecule has 0 aromatic heterocycles. The van der Waals surface area contributed by atoms with E-state index in [-0.39, 0.29) is 48.0 Å². The number of amides is 2. The average Bonchev–Trinajstić information content (AvgIpc) is 3.04. The van der Waals surface area contributed by atoms with Crippen LogP contribution in [0.25, 0.3) is 0 Å². The second-order valence-electron chi connectivity index (χ2n) is 11.9. The molecule has 35 heavy (non-hydrogen) atoms. The Labute approximate surface area is 210 Å². The highest BCUT2D eigenvalue weighted by Crippen LogP contribution is 2.50. The second-order valence-corrected chi connectivity index (χ2v) is 14.2. The fraction of sp³-hybridized carbons (Fsp3) is 0.741. The van der Waals surface area contributed by atoms with Crippen molar-refractivity contribution in [3.05, 3.63) is 35.9 Å². The number of rotatable bonds is 6. The summed E-state index contributed by atoms with van der Waals surface area (Å²) in [7, 11) is 1.25. The Balaban J connectivity index is 1.37. The summed E-state index contributed by atoms with van der Waals surface area (Å²) in [6, 6.07) is 10.8. The Morgan fingerprint density at radius 3 is 2.17 bits per heavy atom. The number of benzene rings is 1. The maximum absolute atomic E-state index is 13.8. The Hall–Kier alpha value is -1.64. The van der Waals surface area contributed by atoms with Crippen LogP contribution in [-0.4, -0.2) is 90.6 Å². The molecule has 1 aromatic carbocycles. The van der Waals surface area contributed by atoms with E-state index in [1.807, 2.05) is 4.90 Å². The van der Waals surface area contributed by atoms with E-state index < -0.39 is 15.4 Å². The van der Waals surface area contributed by atoms with Gasteiger partial charge in [0.15, 0.2) is 9.84 Å². The molecule has 2 aliphatic heterocycles. The lowest BCUT2D eigenvalue weighted by Crippen LogP contribution is -2.56. The Morgan fingerprint density at radius 2 is 1.63 bits per heavy atom. The van der Waals surface area contributed by atoms with Crippen LogP contribution in [0.5, 0.6) is 0 Å². The van der Waals surface area contributed by atoms with Gasteiger partial charge in [-0.1, -0.05) is 36.8 Å². The summed E-state index contributed by atoms with van der Waals surface area (Å²) in [6.07, 6.45) is 7.88. The predicted molar refractivity (Wildman–Crippen MR) is 137 cm³/mol. The van der Waals surface area contributed by atoms with Crippen molar-refractivity contribution in [3.63, 3.8) is 0 Å². The van der Waals surface area contributed by atoms with Crippen LogP contribution in [0.3, 0.4) is 0 Å². The SMILES string of the molecule is CN(C)[C@]1(c2ccccc2)CC[C@]2(CC1)CN(CC1(O)CCS(=O)(=O)CC1)C(=O)N2CC1CCC1. The summed E-state index contributed by atoms with van der Waals surface area (Å²) in [5.74, 6) is 0.587. The second kappa shape index (κ2) is 9.03. The molecule has 1 aromatic rings. The summed E-state index contributed by atoms with van der Waals surface area (Å²) in [5, 5.41) is 11.2. The Bertz CT molecular complexity index is 1020. The van der Waals surface area contributed by atoms with Gasteiger partial charge in [0.25, 0.3) is 0 Å². The molecule has 4 fully saturated rings. The minimum atomic E-state index is -3.08. The van der Waals surface area contributed by atoms with E-state index in [0.29, 0.717) is 12.5 Å². The number of sulfone groups is 1. The smallest absolute Gasteiger partial charge is 0.320 e. The van der Waals surface area contributed by atoms with Crippen molar-refractivity contribution < 1.29 is 18.3 Å². The number of β-amino-alcohol motifs (C(OH)–C–C–N with tert-alkyl or cyclic N) is 1. The highest BCUT2D eigenvalue weighted by molar-refractivity contribution is 7.91. The predicted octanol–water partition coefficient (Wildman–Crippen LogP) is 3.23. The third-order valence-corrected chi connectivity index (χ3v) is 11.3. The van der Waals surface area contributed by atoms with Crippen molar-refractivity contribution in [1.29, 1.82) is 0 Å². The number of nitrogens with zero attached hydrogens (tertiary/aromatic N) is 3. The fourth-order valence-corrected chi connectivity index (χ4v) is 8.53. The van der Waals surface area contributed by atoms with E-state index in [9.17, 15) is 18.3 Å². The zero-order valence-electron chi connectivity index (χ0n) is 21.3. The lowest BCUT2D eigenvalue weighted by atomic mass is 9.68. The summed E-state index contributed by atoms with van der Waals surface area (Å²) in [6.45, 7) is 1.68. The van der Waals surface area contributed by atoms with E-state index in [2.05, 4.69) is 54.2 Å². The van der Waals surface area contributed by atoms with E-state index in [1.165, 1.54) is 24.8 Å². The van der Waals surface area contributed by atoms with Gasteiger partial charge in [0, 0.05) is 18.6 Å². The molecule has 0 atom stereocenters. The number of carbonyl (C=O) groups is 1. The molecule has 0 bridgehead atoms. The highest BCUT2D eigenvalue weighted by Gasteiger charge is 2.56. The first-order valence-electron chi connectivity index (χ1n) is 13.3. The quantitative estimate of drug-likeness (QED) is 0.645. The fourth-order valence-electron chi connectivity index (χ4n) is 6.94. The van der Waals surface area contributed by atoms with Gasteiger partial charge in [-0.15, -0.1) is 0 Å². The molecule has 2 heterocycles. The van der Waals surface area contributed by atoms with Gasteiger partial charge in [0.1, 0.15) is 0 Å². The standard InChI is InChI=1S/C27H41N3O4S/c1-28(2)27(23-9-4-3-5-10-23)13-11-25(12-14-27)20-29(24(31)30(25)19-22-7-6-8-22)21-26(32)15-17-35(33,34)18-16-26/h3-5,9-10,22,32H,6-8,11-21H2,1-2H3/t25-,27+. The molecule has 2 saturated heterocycles. The van der Waals surface area contributed by atoms with Crippen molar-refractivity contribution in [2.45, 2.75) is 74.5 Å². The summed E-state index contributed by atoms with van der Waals surface area (Å²) >= 11 is 0. The van der Waals surface area contributed by atoms with Gasteiger partial charge < -0.3 is 14.9 Å². The molecule has 4 aliphatic rings. The largest absolute Gasteiger partial charge is 0.388 e. The summed E-state index contributed by atoms with van der Waals surface area (Å²) in [5.41, 5.74) is -0.0239. The Morgan fingerprint density at radius 1 is 1.00 bits per heavy atom. The van der Waals surface area contributed by atoms with E-state index in [1.54, 1.807) is 0 Å². The minimum absolute atomic E-state index is 0.00485. The molecule has 5 rings (SSSR count). The molecular weight excluding hydrogens is 462 g/mol. The molecular formula is C27H41N3O4S. The molecule has 2 saturated carbocycles. The molecule has 1 N–H and O–H groups in total. The molecule has 1 spiro atoms. The third-order valence-electron chi connectivity index (χ3n) is 9.64. The maximum Gasteiger partial charge on any atom is 0.320 e. The number of carbonyl (C=O) groups excluding carboxylic acids is 1. The Kier molecular flexibility index (Phi) is 6.46. The summed E-state index contributed by atoms with van der Waals surface area (Å²) < 4.78 is 23.8. The molecule has 8 heteroatoms. The summed E-state index contributed by atoms with van der Waals surface area (Å²) in [4.78, 5) is 20.1. The first kappa shape index (κ1) is 25.0. The van der Waals surface area contributed by atoms with Crippen molar-refractivity contribution in [3.8, 4) is 0 Å². The zero-order chi connectivity index (χ0) is 24.9. The van der Waals surface area contributed by atoms with E-state index in [4.69, 9.17) is 0 Å². The van der Waals surface area contributed by atoms with Crippen LogP contribution in [0.2, 0.25) is 0 Å². The van der Waals surface area contributed by atoms with E-state index in [0.717, 1.165) is 32.2 Å². The molecule has 0 radical (unpaired) electrons. The normalized spacial score (nSPS) is 30.1. The van der Waals surface area contributed by atoms with Crippen LogP contribution in [0, 0.1) is 5.92 Å². The van der Waals surface area contributed by atoms with Gasteiger partial charge in [0.05, 0.1) is 29.2 Å². The van der Waals surface area contributed by atoms with Gasteiger partial charge in [-0.3, -0.25) is 4.90 Å². The van der Waals surface area contributed by atoms with Crippen LogP contribution in [-0.2, 0) is 15.4 Å². The van der Waals surface area contributed by atoms with Gasteiger partial charge in [-0.25, -0.2) is 13.2 Å². The minimum Gasteiger partial charge on any atom is -0.388 e. The molecule has 2 aliphatic carbocycles. The molecule has 2 amide bonds. The van der Waals surface area contributed by atoms with Gasteiger partial charge in [-0.05, 0) is 76.9 Å². The van der Waals surface area contributed by atoms with Crippen molar-refractivity contribution in [1.82, 2.24) is 14.7 Å². The van der Waals surface area contributed by atoms with Crippen LogP contribution in [0.15, 0.2) is 30.3 Å². The maximum atomic E-state index is 13.8. The van der Waals surface area contributed by atoms with Crippen molar-refractivity contribution in [2.75, 3.05) is 45.2 Å². The van der Waals surface area contributed by atoms with E-state index >= 15 is 0 Å². The van der Waals surface area contributed by atoms with Crippen LogP contribution in [0.4, 0.5) is 4.79 Å². The number of hydrogen-bond donors (Lipinski definition) is 1. The topological polar surface area (TPSA) is 81.2 Å². The molecule has 194 valence electrons. The molecule has 7 nitrogen and oxygen atoms in total. The van der Waals surface area contributed by atoms with Crippen molar-refractivity contribution in [2.24, 2.45) is 5.92 Å². The molecule has 0 unspecified atom stereocenters. The lowest BCUT2D eigenvalue weighted by molar-refractivity contribution is 0.00133. The average molecular weight is 504 g/mol. The first-order valence-corrected chi connectivity index (χ1v) is 15.1. The van der Waals surface area contributed by atoms with Crippen LogP contribution < -0.4 is 0 Å². The van der Waals surface area contributed by atoms with Crippen LogP contribution in [0.1, 0.15) is 63.4 Å². The van der Waals surface area contributed by atoms with Gasteiger partial charge in [0.2, 0.25) is 0 Å². The first-order chi connectivity index (χ1) is 16.6. The van der Waals surface area contributed by atoms with Crippen LogP contribution >= 0.6 is 0 Å². The lowest BCUT2D eigenvalue weighted by Gasteiger charge is -2.51. The van der Waals surface area contributed by atoms with Gasteiger partial charge in [-0.2, -0.15) is 0 Å². The van der Waals surface area contributed by atoms with Crippen molar-refractivity contribution >= 4 is 15.9 Å². The number of hydrogen-bond acceptors (Lipinski definition) is 5. The third kappa shape index (κ3) is 4.62. The number of urea groups is 1.